The van der Waals surface area contributed by atoms with Crippen LogP contribution in [0.4, 0.5) is 0 Å². The molecular formula is C21H20OSi. The Morgan fingerprint density at radius 3 is 1.61 bits per heavy atom. The van der Waals surface area contributed by atoms with Crippen LogP contribution in [0.25, 0.3) is 0 Å². The third kappa shape index (κ3) is 3.85. The third-order valence-electron chi connectivity index (χ3n) is 4.13. The van der Waals surface area contributed by atoms with Crippen LogP contribution in [0, 0.1) is 0 Å². The Morgan fingerprint density at radius 2 is 1.13 bits per heavy atom. The second-order valence-electron chi connectivity index (χ2n) is 5.70. The highest BCUT2D eigenvalue weighted by atomic mass is 28.3. The summed E-state index contributed by atoms with van der Waals surface area (Å²) in [7, 11) is -1.43. The molecule has 3 aromatic carbocycles. The molecular weight excluding hydrogens is 296 g/mol. The summed E-state index contributed by atoms with van der Waals surface area (Å²) in [6.45, 7) is 0. The van der Waals surface area contributed by atoms with Crippen molar-refractivity contribution in [3.05, 3.63) is 90.5 Å². The van der Waals surface area contributed by atoms with Crippen molar-refractivity contribution in [2.45, 2.75) is 12.8 Å². The molecule has 23 heavy (non-hydrogen) atoms. The molecule has 0 fully saturated rings. The molecule has 0 saturated heterocycles. The molecule has 1 nitrogen and oxygen atoms in total. The minimum Gasteiger partial charge on any atom is -0.303 e. The summed E-state index contributed by atoms with van der Waals surface area (Å²) in [6, 6.07) is 30.4. The first kappa shape index (κ1) is 15.4. The van der Waals surface area contributed by atoms with E-state index in [-0.39, 0.29) is 0 Å². The number of benzene rings is 3. The molecule has 0 amide bonds. The van der Waals surface area contributed by atoms with E-state index in [1.807, 2.05) is 0 Å². The van der Waals surface area contributed by atoms with Crippen LogP contribution < -0.4 is 15.6 Å². The minimum absolute atomic E-state index is 0.595. The SMILES string of the molecule is O=CCCc1ccc([SiH](c2ccccc2)c2ccccc2)cc1. The van der Waals surface area contributed by atoms with Gasteiger partial charge in [0.2, 0.25) is 0 Å². The van der Waals surface area contributed by atoms with Crippen LogP contribution in [0.15, 0.2) is 84.9 Å². The average Bonchev–Trinajstić information content (AvgIpc) is 2.63. The van der Waals surface area contributed by atoms with Crippen LogP contribution in [-0.4, -0.2) is 15.1 Å². The highest BCUT2D eigenvalue weighted by Gasteiger charge is 2.18. The standard InChI is InChI=1S/C21H20OSi/c22-17-7-8-18-13-15-21(16-14-18)23(19-9-3-1-4-10-19)20-11-5-2-6-12-20/h1-6,9-17,23H,7-8H2. The van der Waals surface area contributed by atoms with Gasteiger partial charge in [-0.05, 0) is 12.0 Å². The first-order valence-electron chi connectivity index (χ1n) is 8.01. The maximum absolute atomic E-state index is 10.5. The van der Waals surface area contributed by atoms with Crippen molar-refractivity contribution in [3.63, 3.8) is 0 Å². The Balaban J connectivity index is 1.97. The van der Waals surface area contributed by atoms with Gasteiger partial charge >= 0.3 is 0 Å². The van der Waals surface area contributed by atoms with Crippen molar-refractivity contribution < 1.29 is 4.79 Å². The van der Waals surface area contributed by atoms with Gasteiger partial charge in [-0.1, -0.05) is 100 Å². The molecule has 0 spiro atoms. The molecule has 0 aromatic heterocycles. The molecule has 0 heterocycles. The number of rotatable bonds is 6. The lowest BCUT2D eigenvalue weighted by atomic mass is 10.1. The fourth-order valence-corrected chi connectivity index (χ4v) is 5.92. The highest BCUT2D eigenvalue weighted by Crippen LogP contribution is 2.02. The Kier molecular flexibility index (Phi) is 5.17. The molecule has 0 N–H and O–H groups in total. The Morgan fingerprint density at radius 1 is 0.652 bits per heavy atom. The maximum Gasteiger partial charge on any atom is 0.132 e. The van der Waals surface area contributed by atoms with E-state index in [1.54, 1.807) is 0 Å². The van der Waals surface area contributed by atoms with E-state index in [1.165, 1.54) is 21.1 Å². The van der Waals surface area contributed by atoms with E-state index in [9.17, 15) is 4.79 Å². The van der Waals surface area contributed by atoms with Crippen LogP contribution >= 0.6 is 0 Å². The molecule has 0 unspecified atom stereocenters. The summed E-state index contributed by atoms with van der Waals surface area (Å²) in [6.07, 6.45) is 2.41. The van der Waals surface area contributed by atoms with Gasteiger partial charge in [-0.25, -0.2) is 0 Å². The van der Waals surface area contributed by atoms with Crippen molar-refractivity contribution >= 4 is 30.6 Å². The van der Waals surface area contributed by atoms with Crippen LogP contribution in [0.3, 0.4) is 0 Å². The molecule has 2 heteroatoms. The van der Waals surface area contributed by atoms with Crippen LogP contribution in [0.1, 0.15) is 12.0 Å². The third-order valence-corrected chi connectivity index (χ3v) is 7.28. The Bertz CT molecular complexity index is 696. The zero-order valence-corrected chi connectivity index (χ0v) is 14.2. The molecule has 0 bridgehead atoms. The lowest BCUT2D eigenvalue weighted by molar-refractivity contribution is -0.107. The van der Waals surface area contributed by atoms with Gasteiger partial charge in [0.25, 0.3) is 0 Å². The van der Waals surface area contributed by atoms with Gasteiger partial charge in [-0.15, -0.1) is 0 Å². The van der Waals surface area contributed by atoms with E-state index in [0.29, 0.717) is 6.42 Å². The molecule has 114 valence electrons. The zero-order valence-electron chi connectivity index (χ0n) is 13.1. The zero-order chi connectivity index (χ0) is 15.9. The minimum atomic E-state index is -1.43. The summed E-state index contributed by atoms with van der Waals surface area (Å²) in [5.41, 5.74) is 1.23. The van der Waals surface area contributed by atoms with Gasteiger partial charge in [0.1, 0.15) is 15.1 Å². The van der Waals surface area contributed by atoms with Gasteiger partial charge in [0.05, 0.1) is 0 Å². The first-order chi connectivity index (χ1) is 11.4. The van der Waals surface area contributed by atoms with Crippen molar-refractivity contribution in [2.24, 2.45) is 0 Å². The number of hydrogen-bond acceptors (Lipinski definition) is 1. The van der Waals surface area contributed by atoms with Crippen LogP contribution in [0.5, 0.6) is 0 Å². The smallest absolute Gasteiger partial charge is 0.132 e. The number of carbonyl (C=O) groups is 1. The quantitative estimate of drug-likeness (QED) is 0.386. The van der Waals surface area contributed by atoms with Crippen LogP contribution in [0.2, 0.25) is 0 Å². The fraction of sp³-hybridized carbons (Fsp3) is 0.0952. The summed E-state index contributed by atoms with van der Waals surface area (Å²) < 4.78 is 0. The van der Waals surface area contributed by atoms with E-state index in [4.69, 9.17) is 0 Å². The summed E-state index contributed by atoms with van der Waals surface area (Å²) >= 11 is 0. The summed E-state index contributed by atoms with van der Waals surface area (Å²) in [5, 5.41) is 4.27. The van der Waals surface area contributed by atoms with Crippen LogP contribution in [-0.2, 0) is 11.2 Å². The topological polar surface area (TPSA) is 17.1 Å². The molecule has 3 aromatic rings. The number of carbonyl (C=O) groups excluding carboxylic acids is 1. The van der Waals surface area contributed by atoms with Gasteiger partial charge in [0, 0.05) is 6.42 Å². The molecule has 3 rings (SSSR count). The van der Waals surface area contributed by atoms with Gasteiger partial charge < -0.3 is 4.79 Å². The fourth-order valence-electron chi connectivity index (χ4n) is 2.97. The maximum atomic E-state index is 10.5. The molecule has 0 radical (unpaired) electrons. The van der Waals surface area contributed by atoms with Crippen molar-refractivity contribution in [3.8, 4) is 0 Å². The van der Waals surface area contributed by atoms with E-state index in [2.05, 4.69) is 84.9 Å². The normalized spacial score (nSPS) is 10.7. The van der Waals surface area contributed by atoms with Crippen molar-refractivity contribution in [2.75, 3.05) is 0 Å². The predicted octanol–water partition coefficient (Wildman–Crippen LogP) is 2.07. The van der Waals surface area contributed by atoms with Crippen molar-refractivity contribution in [1.29, 1.82) is 0 Å². The average molecular weight is 316 g/mol. The lowest BCUT2D eigenvalue weighted by Crippen LogP contribution is -2.51. The van der Waals surface area contributed by atoms with E-state index < -0.39 is 8.80 Å². The van der Waals surface area contributed by atoms with Gasteiger partial charge in [0.15, 0.2) is 0 Å². The largest absolute Gasteiger partial charge is 0.303 e. The molecule has 0 atom stereocenters. The van der Waals surface area contributed by atoms with E-state index >= 15 is 0 Å². The highest BCUT2D eigenvalue weighted by molar-refractivity contribution is 6.95. The Labute approximate surface area is 139 Å². The monoisotopic (exact) mass is 316 g/mol. The number of aryl methyl sites for hydroxylation is 1. The van der Waals surface area contributed by atoms with Crippen molar-refractivity contribution in [1.82, 2.24) is 0 Å². The van der Waals surface area contributed by atoms with E-state index in [0.717, 1.165) is 12.7 Å². The lowest BCUT2D eigenvalue weighted by Gasteiger charge is -2.17. The number of hydrogen-bond donors (Lipinski definition) is 0. The predicted molar refractivity (Wildman–Crippen MR) is 99.8 cm³/mol. The van der Waals surface area contributed by atoms with Gasteiger partial charge in [-0.3, -0.25) is 0 Å². The number of aldehydes is 1. The second kappa shape index (κ2) is 7.70. The molecule has 0 saturated carbocycles. The Hall–Kier alpha value is -2.45. The first-order valence-corrected chi connectivity index (χ1v) is 9.74. The summed E-state index contributed by atoms with van der Waals surface area (Å²) in [4.78, 5) is 10.5. The van der Waals surface area contributed by atoms with Gasteiger partial charge in [-0.2, -0.15) is 0 Å². The second-order valence-corrected chi connectivity index (χ2v) is 8.57. The molecule has 0 aliphatic rings. The molecule has 0 aliphatic heterocycles. The molecule has 0 aliphatic carbocycles. The summed E-state index contributed by atoms with van der Waals surface area (Å²) in [5.74, 6) is 0.